The highest BCUT2D eigenvalue weighted by atomic mass is 15.1. The third-order valence-electron chi connectivity index (χ3n) is 2.56. The van der Waals surface area contributed by atoms with E-state index in [4.69, 9.17) is 0 Å². The van der Waals surface area contributed by atoms with E-state index < -0.39 is 0 Å². The van der Waals surface area contributed by atoms with Crippen LogP contribution >= 0.6 is 0 Å². The minimum absolute atomic E-state index is 0.426. The van der Waals surface area contributed by atoms with Crippen molar-refractivity contribution in [1.82, 2.24) is 19.1 Å². The Kier molecular flexibility index (Phi) is 3.17. The van der Waals surface area contributed by atoms with Gasteiger partial charge in [-0.05, 0) is 12.8 Å². The molecule has 0 N–H and O–H groups in total. The number of aryl methyl sites for hydroxylation is 1. The van der Waals surface area contributed by atoms with Crippen molar-refractivity contribution in [3.05, 3.63) is 44.4 Å². The van der Waals surface area contributed by atoms with Crippen molar-refractivity contribution < 1.29 is 0 Å². The molecule has 0 aliphatic rings. The van der Waals surface area contributed by atoms with Gasteiger partial charge in [-0.25, -0.2) is 9.97 Å². The molecule has 0 saturated heterocycles. The van der Waals surface area contributed by atoms with Gasteiger partial charge >= 0.3 is 0 Å². The second kappa shape index (κ2) is 4.77. The fraction of sp³-hybridized carbons (Fsp3) is 0.364. The summed E-state index contributed by atoms with van der Waals surface area (Å²) in [6.45, 7) is 4.94. The molecule has 2 heterocycles. The maximum absolute atomic E-state index is 4.05. The van der Waals surface area contributed by atoms with E-state index >= 15 is 0 Å². The van der Waals surface area contributed by atoms with Crippen LogP contribution in [0.4, 0.5) is 0 Å². The zero-order valence-corrected chi connectivity index (χ0v) is 8.66. The molecule has 1 radical (unpaired) electrons. The molecule has 0 fully saturated rings. The average Bonchev–Trinajstić information content (AvgIpc) is 2.90. The molecule has 1 atom stereocenters. The molecule has 0 bridgehead atoms. The second-order valence-corrected chi connectivity index (χ2v) is 3.54. The topological polar surface area (TPSA) is 35.6 Å². The van der Waals surface area contributed by atoms with E-state index in [1.54, 1.807) is 12.4 Å². The van der Waals surface area contributed by atoms with E-state index in [0.717, 1.165) is 19.4 Å². The van der Waals surface area contributed by atoms with Crippen LogP contribution in [0.15, 0.2) is 37.4 Å². The van der Waals surface area contributed by atoms with E-state index in [1.807, 2.05) is 25.0 Å². The van der Waals surface area contributed by atoms with E-state index in [0.29, 0.717) is 6.04 Å². The van der Waals surface area contributed by atoms with Crippen LogP contribution in [0.5, 0.6) is 0 Å². The van der Waals surface area contributed by atoms with Gasteiger partial charge in [0.1, 0.15) is 0 Å². The molecule has 4 nitrogen and oxygen atoms in total. The molecule has 0 aromatic carbocycles. The highest BCUT2D eigenvalue weighted by Crippen LogP contribution is 2.15. The van der Waals surface area contributed by atoms with Crippen molar-refractivity contribution in [3.63, 3.8) is 0 Å². The lowest BCUT2D eigenvalue weighted by Gasteiger charge is -2.16. The first-order valence-corrected chi connectivity index (χ1v) is 5.12. The Labute approximate surface area is 89.6 Å². The first-order valence-electron chi connectivity index (χ1n) is 5.12. The van der Waals surface area contributed by atoms with Crippen LogP contribution in [-0.2, 0) is 6.54 Å². The fourth-order valence-corrected chi connectivity index (χ4v) is 1.65. The molecule has 79 valence electrons. The van der Waals surface area contributed by atoms with Gasteiger partial charge in [0, 0.05) is 37.4 Å². The molecule has 2 aromatic heterocycles. The molecule has 1 unspecified atom stereocenters. The maximum Gasteiger partial charge on any atom is 0.0948 e. The number of nitrogens with zero attached hydrogens (tertiary/aromatic N) is 4. The highest BCUT2D eigenvalue weighted by molar-refractivity contribution is 4.82. The van der Waals surface area contributed by atoms with Crippen LogP contribution in [0.1, 0.15) is 18.9 Å². The molecule has 0 aliphatic carbocycles. The minimum atomic E-state index is 0.426. The Morgan fingerprint density at radius 2 is 1.93 bits per heavy atom. The predicted octanol–water partition coefficient (Wildman–Crippen LogP) is 1.94. The van der Waals surface area contributed by atoms with Crippen LogP contribution in [0.2, 0.25) is 0 Å². The van der Waals surface area contributed by atoms with Gasteiger partial charge in [0.15, 0.2) is 0 Å². The third kappa shape index (κ3) is 2.46. The monoisotopic (exact) mass is 203 g/mol. The summed E-state index contributed by atoms with van der Waals surface area (Å²) in [5.74, 6) is 0. The SMILES string of the molecule is [CH2]CC(CCn1ccnc1)n1ccnc1. The number of hydrogen-bond acceptors (Lipinski definition) is 2. The summed E-state index contributed by atoms with van der Waals surface area (Å²) in [6.07, 6.45) is 13.2. The van der Waals surface area contributed by atoms with Crippen molar-refractivity contribution in [3.8, 4) is 0 Å². The normalized spacial score (nSPS) is 12.9. The van der Waals surface area contributed by atoms with Crippen LogP contribution in [0.25, 0.3) is 0 Å². The Balaban J connectivity index is 1.92. The Hall–Kier alpha value is -1.58. The molecule has 2 aromatic rings. The lowest BCUT2D eigenvalue weighted by Crippen LogP contribution is -2.09. The van der Waals surface area contributed by atoms with Crippen LogP contribution in [-0.4, -0.2) is 19.1 Å². The van der Waals surface area contributed by atoms with E-state index in [9.17, 15) is 0 Å². The molecule has 0 amide bonds. The lowest BCUT2D eigenvalue weighted by molar-refractivity contribution is 0.434. The first-order chi connectivity index (χ1) is 7.40. The second-order valence-electron chi connectivity index (χ2n) is 3.54. The quantitative estimate of drug-likeness (QED) is 0.744. The molecule has 0 aliphatic heterocycles. The zero-order valence-electron chi connectivity index (χ0n) is 8.66. The van der Waals surface area contributed by atoms with E-state index in [2.05, 4.69) is 26.0 Å². The van der Waals surface area contributed by atoms with E-state index in [1.165, 1.54) is 0 Å². The van der Waals surface area contributed by atoms with Gasteiger partial charge in [0.05, 0.1) is 12.7 Å². The van der Waals surface area contributed by atoms with Crippen LogP contribution < -0.4 is 0 Å². The number of imidazole rings is 2. The van der Waals surface area contributed by atoms with Crippen molar-refractivity contribution in [2.45, 2.75) is 25.4 Å². The molecule has 4 heteroatoms. The van der Waals surface area contributed by atoms with Gasteiger partial charge in [-0.15, -0.1) is 0 Å². The van der Waals surface area contributed by atoms with Gasteiger partial charge in [-0.3, -0.25) is 0 Å². The number of aromatic nitrogens is 4. The summed E-state index contributed by atoms with van der Waals surface area (Å²) in [7, 11) is 0. The van der Waals surface area contributed by atoms with Crippen molar-refractivity contribution in [2.24, 2.45) is 0 Å². The summed E-state index contributed by atoms with van der Waals surface area (Å²) in [5, 5.41) is 0. The molecule has 0 saturated carbocycles. The highest BCUT2D eigenvalue weighted by Gasteiger charge is 2.07. The Morgan fingerprint density at radius 3 is 2.53 bits per heavy atom. The minimum Gasteiger partial charge on any atom is -0.337 e. The Bertz CT molecular complexity index is 363. The molecule has 2 rings (SSSR count). The largest absolute Gasteiger partial charge is 0.337 e. The lowest BCUT2D eigenvalue weighted by atomic mass is 10.1. The Morgan fingerprint density at radius 1 is 1.13 bits per heavy atom. The summed E-state index contributed by atoms with van der Waals surface area (Å²) in [6, 6.07) is 0.426. The van der Waals surface area contributed by atoms with Gasteiger partial charge in [0.2, 0.25) is 0 Å². The zero-order chi connectivity index (χ0) is 10.5. The van der Waals surface area contributed by atoms with Crippen LogP contribution in [0.3, 0.4) is 0 Å². The smallest absolute Gasteiger partial charge is 0.0948 e. The van der Waals surface area contributed by atoms with Gasteiger partial charge < -0.3 is 9.13 Å². The molecular weight excluding hydrogens is 188 g/mol. The average molecular weight is 203 g/mol. The third-order valence-corrected chi connectivity index (χ3v) is 2.56. The van der Waals surface area contributed by atoms with Gasteiger partial charge in [-0.2, -0.15) is 0 Å². The summed E-state index contributed by atoms with van der Waals surface area (Å²) in [5.41, 5.74) is 0. The summed E-state index contributed by atoms with van der Waals surface area (Å²) < 4.78 is 4.20. The summed E-state index contributed by atoms with van der Waals surface area (Å²) in [4.78, 5) is 8.07. The molecule has 15 heavy (non-hydrogen) atoms. The van der Waals surface area contributed by atoms with Crippen molar-refractivity contribution in [2.75, 3.05) is 0 Å². The number of rotatable bonds is 5. The first kappa shape index (κ1) is 9.96. The standard InChI is InChI=1S/C11H15N4/c1-2-11(15-8-5-13-10-15)3-6-14-7-4-12-9-14/h4-5,7-11H,1-3,6H2. The van der Waals surface area contributed by atoms with Crippen molar-refractivity contribution >= 4 is 0 Å². The van der Waals surface area contributed by atoms with Crippen LogP contribution in [0, 0.1) is 6.92 Å². The van der Waals surface area contributed by atoms with Crippen molar-refractivity contribution in [1.29, 1.82) is 0 Å². The van der Waals surface area contributed by atoms with E-state index in [-0.39, 0.29) is 0 Å². The fourth-order valence-electron chi connectivity index (χ4n) is 1.65. The number of hydrogen-bond donors (Lipinski definition) is 0. The van der Waals surface area contributed by atoms with Gasteiger partial charge in [-0.1, -0.05) is 6.92 Å². The van der Waals surface area contributed by atoms with Gasteiger partial charge in [0.25, 0.3) is 0 Å². The maximum atomic E-state index is 4.05. The predicted molar refractivity (Wildman–Crippen MR) is 58.1 cm³/mol. The summed E-state index contributed by atoms with van der Waals surface area (Å²) >= 11 is 0. The molecule has 0 spiro atoms. The molecular formula is C11H15N4.